The molecule has 1 aliphatic heterocycles. The first kappa shape index (κ1) is 15.5. The Morgan fingerprint density at radius 1 is 1.23 bits per heavy atom. The van der Waals surface area contributed by atoms with Crippen LogP contribution in [0.1, 0.15) is 17.0 Å². The van der Waals surface area contributed by atoms with Gasteiger partial charge in [-0.05, 0) is 31.4 Å². The minimum atomic E-state index is 0.140. The Kier molecular flexibility index (Phi) is 4.81. The molecule has 22 heavy (non-hydrogen) atoms. The van der Waals surface area contributed by atoms with E-state index in [-0.39, 0.29) is 6.61 Å². The second kappa shape index (κ2) is 6.81. The average Bonchev–Trinajstić information content (AvgIpc) is 3.13. The van der Waals surface area contributed by atoms with Crippen molar-refractivity contribution in [2.75, 3.05) is 37.7 Å². The first-order chi connectivity index (χ1) is 10.7. The van der Waals surface area contributed by atoms with Crippen molar-refractivity contribution in [2.24, 2.45) is 0 Å². The fraction of sp³-hybridized carbons (Fsp3) is 0.562. The Morgan fingerprint density at radius 3 is 2.64 bits per heavy atom. The highest BCUT2D eigenvalue weighted by Crippen LogP contribution is 2.23. The predicted octanol–water partition coefficient (Wildman–Crippen LogP) is 1.88. The van der Waals surface area contributed by atoms with Crippen molar-refractivity contribution in [3.05, 3.63) is 34.5 Å². The van der Waals surface area contributed by atoms with Gasteiger partial charge in [0, 0.05) is 44.0 Å². The summed E-state index contributed by atoms with van der Waals surface area (Å²) in [6, 6.07) is 4.32. The van der Waals surface area contributed by atoms with Crippen LogP contribution in [0.25, 0.3) is 0 Å². The Bertz CT molecular complexity index is 600. The van der Waals surface area contributed by atoms with Gasteiger partial charge in [-0.3, -0.25) is 9.58 Å². The Balaban J connectivity index is 1.61. The minimum absolute atomic E-state index is 0.140. The van der Waals surface area contributed by atoms with Crippen LogP contribution in [-0.2, 0) is 13.1 Å². The fourth-order valence-electron chi connectivity index (χ4n) is 3.08. The highest BCUT2D eigenvalue weighted by Gasteiger charge is 2.20. The van der Waals surface area contributed by atoms with Crippen LogP contribution in [0.2, 0.25) is 0 Å². The van der Waals surface area contributed by atoms with E-state index >= 15 is 0 Å². The van der Waals surface area contributed by atoms with E-state index in [0.29, 0.717) is 6.54 Å². The van der Waals surface area contributed by atoms with Crippen molar-refractivity contribution >= 4 is 16.3 Å². The third-order valence-corrected chi connectivity index (χ3v) is 5.34. The smallest absolute Gasteiger partial charge is 0.0909 e. The molecule has 1 fully saturated rings. The summed E-state index contributed by atoms with van der Waals surface area (Å²) in [7, 11) is 0. The molecule has 2 aromatic heterocycles. The molecule has 6 heteroatoms. The van der Waals surface area contributed by atoms with Gasteiger partial charge in [-0.1, -0.05) is 0 Å². The summed E-state index contributed by atoms with van der Waals surface area (Å²) in [6.07, 6.45) is 0. The molecule has 120 valence electrons. The van der Waals surface area contributed by atoms with Crippen LogP contribution in [0.3, 0.4) is 0 Å². The zero-order chi connectivity index (χ0) is 15.5. The number of hydrogen-bond acceptors (Lipinski definition) is 5. The number of aromatic nitrogens is 2. The van der Waals surface area contributed by atoms with E-state index in [0.717, 1.165) is 38.4 Å². The summed E-state index contributed by atoms with van der Waals surface area (Å²) in [4.78, 5) is 4.97. The average molecular weight is 320 g/mol. The van der Waals surface area contributed by atoms with E-state index in [4.69, 9.17) is 5.11 Å². The summed E-state index contributed by atoms with van der Waals surface area (Å²) < 4.78 is 1.92. The molecule has 0 atom stereocenters. The van der Waals surface area contributed by atoms with E-state index in [2.05, 4.69) is 46.3 Å². The summed E-state index contributed by atoms with van der Waals surface area (Å²) in [5.41, 5.74) is 3.59. The van der Waals surface area contributed by atoms with Crippen molar-refractivity contribution in [2.45, 2.75) is 26.9 Å². The zero-order valence-electron chi connectivity index (χ0n) is 13.3. The lowest BCUT2D eigenvalue weighted by molar-refractivity contribution is 0.248. The number of thiophene rings is 1. The Hall–Kier alpha value is -1.37. The van der Waals surface area contributed by atoms with Crippen LogP contribution in [0.15, 0.2) is 17.5 Å². The number of hydrogen-bond donors (Lipinski definition) is 1. The molecule has 1 saturated heterocycles. The second-order valence-corrected chi connectivity index (χ2v) is 6.74. The van der Waals surface area contributed by atoms with Gasteiger partial charge in [-0.25, -0.2) is 0 Å². The topological polar surface area (TPSA) is 44.5 Å². The quantitative estimate of drug-likeness (QED) is 0.913. The maximum absolute atomic E-state index is 9.11. The highest BCUT2D eigenvalue weighted by molar-refractivity contribution is 7.14. The molecule has 1 N–H and O–H groups in total. The van der Waals surface area contributed by atoms with E-state index in [9.17, 15) is 0 Å². The SMILES string of the molecule is Cc1nn(CCO)c(C)c1CN1CCN(c2cccs2)CC1. The zero-order valence-corrected chi connectivity index (χ0v) is 14.1. The molecule has 0 saturated carbocycles. The lowest BCUT2D eigenvalue weighted by Gasteiger charge is -2.35. The van der Waals surface area contributed by atoms with Gasteiger partial charge >= 0.3 is 0 Å². The van der Waals surface area contributed by atoms with Crippen molar-refractivity contribution < 1.29 is 5.11 Å². The fourth-order valence-corrected chi connectivity index (χ4v) is 3.86. The molecule has 2 aromatic rings. The van der Waals surface area contributed by atoms with E-state index < -0.39 is 0 Å². The number of aryl methyl sites for hydroxylation is 1. The predicted molar refractivity (Wildman–Crippen MR) is 90.6 cm³/mol. The lowest BCUT2D eigenvalue weighted by Crippen LogP contribution is -2.45. The second-order valence-electron chi connectivity index (χ2n) is 5.81. The van der Waals surface area contributed by atoms with Crippen LogP contribution < -0.4 is 4.90 Å². The summed E-state index contributed by atoms with van der Waals surface area (Å²) in [5, 5.41) is 17.2. The molecule has 3 heterocycles. The molecular weight excluding hydrogens is 296 g/mol. The molecule has 0 bridgehead atoms. The van der Waals surface area contributed by atoms with Crippen LogP contribution in [0.4, 0.5) is 5.00 Å². The van der Waals surface area contributed by atoms with E-state index in [1.54, 1.807) is 0 Å². The normalized spacial score (nSPS) is 16.4. The van der Waals surface area contributed by atoms with Crippen molar-refractivity contribution in [3.63, 3.8) is 0 Å². The largest absolute Gasteiger partial charge is 0.394 e. The number of piperazine rings is 1. The van der Waals surface area contributed by atoms with Crippen LogP contribution in [0, 0.1) is 13.8 Å². The first-order valence-corrected chi connectivity index (χ1v) is 8.71. The third-order valence-electron chi connectivity index (χ3n) is 4.41. The number of aliphatic hydroxyl groups excluding tert-OH is 1. The number of rotatable bonds is 5. The molecule has 0 radical (unpaired) electrons. The molecule has 0 amide bonds. The molecule has 0 aliphatic carbocycles. The van der Waals surface area contributed by atoms with Gasteiger partial charge in [0.1, 0.15) is 0 Å². The molecule has 1 aliphatic rings. The number of anilines is 1. The van der Waals surface area contributed by atoms with Crippen molar-refractivity contribution in [1.29, 1.82) is 0 Å². The van der Waals surface area contributed by atoms with Gasteiger partial charge < -0.3 is 10.0 Å². The lowest BCUT2D eigenvalue weighted by atomic mass is 10.1. The number of aliphatic hydroxyl groups is 1. The Morgan fingerprint density at radius 2 is 2.00 bits per heavy atom. The van der Waals surface area contributed by atoms with Gasteiger partial charge in [-0.15, -0.1) is 11.3 Å². The van der Waals surface area contributed by atoms with E-state index in [1.807, 2.05) is 16.0 Å². The molecular formula is C16H24N4OS. The number of nitrogens with zero attached hydrogens (tertiary/aromatic N) is 4. The minimum Gasteiger partial charge on any atom is -0.394 e. The standard InChI is InChI=1S/C16H24N4OS/c1-13-15(14(2)20(17-13)9-10-21)12-18-5-7-19(8-6-18)16-4-3-11-22-16/h3-4,11,21H,5-10,12H2,1-2H3. The maximum atomic E-state index is 9.11. The maximum Gasteiger partial charge on any atom is 0.0909 e. The molecule has 0 spiro atoms. The molecule has 0 aromatic carbocycles. The van der Waals surface area contributed by atoms with Crippen molar-refractivity contribution in [3.8, 4) is 0 Å². The van der Waals surface area contributed by atoms with E-state index in [1.165, 1.54) is 16.3 Å². The summed E-state index contributed by atoms with van der Waals surface area (Å²) in [5.74, 6) is 0. The van der Waals surface area contributed by atoms with Gasteiger partial charge in [0.25, 0.3) is 0 Å². The van der Waals surface area contributed by atoms with Gasteiger partial charge in [0.2, 0.25) is 0 Å². The molecule has 5 nitrogen and oxygen atoms in total. The summed E-state index contributed by atoms with van der Waals surface area (Å²) in [6.45, 7) is 10.2. The summed E-state index contributed by atoms with van der Waals surface area (Å²) >= 11 is 1.82. The van der Waals surface area contributed by atoms with Gasteiger partial charge in [0.15, 0.2) is 0 Å². The van der Waals surface area contributed by atoms with Crippen LogP contribution in [0.5, 0.6) is 0 Å². The molecule has 3 rings (SSSR count). The van der Waals surface area contributed by atoms with Gasteiger partial charge in [-0.2, -0.15) is 5.10 Å². The van der Waals surface area contributed by atoms with Gasteiger partial charge in [0.05, 0.1) is 23.8 Å². The van der Waals surface area contributed by atoms with Crippen molar-refractivity contribution in [1.82, 2.24) is 14.7 Å². The first-order valence-electron chi connectivity index (χ1n) is 7.83. The highest BCUT2D eigenvalue weighted by atomic mass is 32.1. The monoisotopic (exact) mass is 320 g/mol. The van der Waals surface area contributed by atoms with Crippen LogP contribution in [-0.4, -0.2) is 52.6 Å². The van der Waals surface area contributed by atoms with Crippen LogP contribution >= 0.6 is 11.3 Å². The third kappa shape index (κ3) is 3.19. The molecule has 0 unspecified atom stereocenters. The Labute approximate surface area is 135 Å².